The van der Waals surface area contributed by atoms with Gasteiger partial charge < -0.3 is 15.7 Å². The van der Waals surface area contributed by atoms with Crippen molar-refractivity contribution in [3.05, 3.63) is 28.8 Å². The Kier molecular flexibility index (Phi) is 4.45. The predicted molar refractivity (Wildman–Crippen MR) is 76.4 cm³/mol. The third-order valence-corrected chi connectivity index (χ3v) is 3.79. The van der Waals surface area contributed by atoms with Gasteiger partial charge in [-0.05, 0) is 37.5 Å². The van der Waals surface area contributed by atoms with E-state index in [0.29, 0.717) is 11.6 Å². The highest BCUT2D eigenvalue weighted by atomic mass is 35.5. The Morgan fingerprint density at radius 1 is 1.47 bits per heavy atom. The molecule has 5 heteroatoms. The van der Waals surface area contributed by atoms with Gasteiger partial charge in [0.15, 0.2) is 0 Å². The molecule has 104 valence electrons. The van der Waals surface area contributed by atoms with Crippen LogP contribution in [0.5, 0.6) is 0 Å². The first-order chi connectivity index (χ1) is 9.04. The van der Waals surface area contributed by atoms with Crippen molar-refractivity contribution in [2.45, 2.75) is 19.8 Å². The zero-order valence-electron chi connectivity index (χ0n) is 11.0. The number of rotatable bonds is 6. The molecule has 2 rings (SSSR count). The Labute approximate surface area is 118 Å². The van der Waals surface area contributed by atoms with Crippen molar-refractivity contribution in [3.63, 3.8) is 0 Å². The van der Waals surface area contributed by atoms with Crippen molar-refractivity contribution >= 4 is 23.2 Å². The molecule has 1 aromatic rings. The number of nitrogens with one attached hydrogen (secondary N) is 2. The quantitative estimate of drug-likeness (QED) is 0.747. The molecule has 0 unspecified atom stereocenters. The fraction of sp³-hybridized carbons (Fsp3) is 0.500. The monoisotopic (exact) mass is 282 g/mol. The number of carbonyl (C=O) groups is 1. The van der Waals surface area contributed by atoms with Crippen molar-refractivity contribution in [1.29, 1.82) is 0 Å². The molecule has 4 nitrogen and oxygen atoms in total. The van der Waals surface area contributed by atoms with Crippen LogP contribution in [0.15, 0.2) is 18.2 Å². The second-order valence-electron chi connectivity index (χ2n) is 5.27. The zero-order valence-corrected chi connectivity index (χ0v) is 11.8. The molecule has 3 N–H and O–H groups in total. The number of carbonyl (C=O) groups excluding carboxylic acids is 1. The van der Waals surface area contributed by atoms with Crippen LogP contribution in [0.4, 0.5) is 5.69 Å². The van der Waals surface area contributed by atoms with E-state index in [1.54, 1.807) is 12.1 Å². The molecule has 0 bridgehead atoms. The lowest BCUT2D eigenvalue weighted by molar-refractivity contribution is -0.115. The van der Waals surface area contributed by atoms with Crippen molar-refractivity contribution in [3.8, 4) is 0 Å². The molecule has 1 aliphatic carbocycles. The molecular weight excluding hydrogens is 264 g/mol. The van der Waals surface area contributed by atoms with Crippen LogP contribution in [0.3, 0.4) is 0 Å². The zero-order chi connectivity index (χ0) is 13.9. The molecule has 19 heavy (non-hydrogen) atoms. The van der Waals surface area contributed by atoms with Gasteiger partial charge in [0.2, 0.25) is 5.91 Å². The fourth-order valence-electron chi connectivity index (χ4n) is 1.93. The van der Waals surface area contributed by atoms with E-state index >= 15 is 0 Å². The molecule has 0 saturated heterocycles. The maximum absolute atomic E-state index is 11.8. The maximum atomic E-state index is 11.8. The molecule has 1 aromatic carbocycles. The molecule has 0 aliphatic heterocycles. The summed E-state index contributed by atoms with van der Waals surface area (Å²) < 4.78 is 0. The Balaban J connectivity index is 1.79. The number of anilines is 1. The minimum absolute atomic E-state index is 0.0201. The van der Waals surface area contributed by atoms with Gasteiger partial charge in [-0.15, -0.1) is 0 Å². The minimum atomic E-state index is -0.0980. The van der Waals surface area contributed by atoms with Crippen LogP contribution >= 0.6 is 11.6 Å². The van der Waals surface area contributed by atoms with Crippen LogP contribution in [0.2, 0.25) is 5.02 Å². The van der Waals surface area contributed by atoms with Gasteiger partial charge in [-0.1, -0.05) is 17.7 Å². The molecule has 0 aromatic heterocycles. The van der Waals surface area contributed by atoms with Gasteiger partial charge in [0.05, 0.1) is 6.54 Å². The predicted octanol–water partition coefficient (Wildman–Crippen LogP) is 1.95. The molecule has 1 aliphatic rings. The number of halogens is 1. The first kappa shape index (κ1) is 14.3. The van der Waals surface area contributed by atoms with E-state index in [1.165, 1.54) is 0 Å². The number of benzene rings is 1. The highest BCUT2D eigenvalue weighted by Gasteiger charge is 2.41. The molecule has 1 saturated carbocycles. The van der Waals surface area contributed by atoms with Crippen molar-refractivity contribution < 1.29 is 9.90 Å². The summed E-state index contributed by atoms with van der Waals surface area (Å²) in [6.45, 7) is 3.04. The second kappa shape index (κ2) is 5.90. The standard InChI is InChI=1S/C14H19ClN2O2/c1-10-2-3-11(15)6-12(10)17-13(19)7-16-8-14(9-18)4-5-14/h2-3,6,16,18H,4-5,7-9H2,1H3,(H,17,19). The second-order valence-corrected chi connectivity index (χ2v) is 5.71. The number of aliphatic hydroxyl groups is 1. The minimum Gasteiger partial charge on any atom is -0.396 e. The Morgan fingerprint density at radius 3 is 2.84 bits per heavy atom. The summed E-state index contributed by atoms with van der Waals surface area (Å²) in [7, 11) is 0. The highest BCUT2D eigenvalue weighted by molar-refractivity contribution is 6.31. The van der Waals surface area contributed by atoms with Crippen molar-refractivity contribution in [2.75, 3.05) is 25.0 Å². The van der Waals surface area contributed by atoms with Crippen molar-refractivity contribution in [1.82, 2.24) is 5.32 Å². The lowest BCUT2D eigenvalue weighted by atomic mass is 10.1. The van der Waals surface area contributed by atoms with Gasteiger partial charge in [0.1, 0.15) is 0 Å². The van der Waals surface area contributed by atoms with Crippen LogP contribution < -0.4 is 10.6 Å². The van der Waals surface area contributed by atoms with Crippen LogP contribution in [-0.4, -0.2) is 30.7 Å². The molecule has 1 amide bonds. The summed E-state index contributed by atoms with van der Waals surface area (Å²) in [4.78, 5) is 11.8. The Morgan fingerprint density at radius 2 is 2.21 bits per heavy atom. The summed E-state index contributed by atoms with van der Waals surface area (Å²) in [5.74, 6) is -0.0980. The molecule has 1 fully saturated rings. The molecule has 0 spiro atoms. The van der Waals surface area contributed by atoms with E-state index in [0.717, 1.165) is 24.1 Å². The van der Waals surface area contributed by atoms with Crippen LogP contribution in [-0.2, 0) is 4.79 Å². The number of hydrogen-bond acceptors (Lipinski definition) is 3. The SMILES string of the molecule is Cc1ccc(Cl)cc1NC(=O)CNCC1(CO)CC1. The smallest absolute Gasteiger partial charge is 0.238 e. The van der Waals surface area contributed by atoms with E-state index in [-0.39, 0.29) is 24.5 Å². The summed E-state index contributed by atoms with van der Waals surface area (Å²) in [5.41, 5.74) is 1.74. The van der Waals surface area contributed by atoms with E-state index in [1.807, 2.05) is 13.0 Å². The van der Waals surface area contributed by atoms with Crippen LogP contribution in [0.25, 0.3) is 0 Å². The van der Waals surface area contributed by atoms with E-state index < -0.39 is 0 Å². The third kappa shape index (κ3) is 3.93. The van der Waals surface area contributed by atoms with Gasteiger partial charge in [-0.2, -0.15) is 0 Å². The topological polar surface area (TPSA) is 61.4 Å². The molecule has 0 atom stereocenters. The van der Waals surface area contributed by atoms with E-state index in [4.69, 9.17) is 16.7 Å². The summed E-state index contributed by atoms with van der Waals surface area (Å²) in [6, 6.07) is 5.41. The number of aryl methyl sites for hydroxylation is 1. The summed E-state index contributed by atoms with van der Waals surface area (Å²) in [5, 5.41) is 15.7. The fourth-order valence-corrected chi connectivity index (χ4v) is 2.10. The van der Waals surface area contributed by atoms with E-state index in [2.05, 4.69) is 10.6 Å². The van der Waals surface area contributed by atoms with Gasteiger partial charge in [-0.25, -0.2) is 0 Å². The molecule has 0 heterocycles. The largest absolute Gasteiger partial charge is 0.396 e. The Hall–Kier alpha value is -1.10. The highest BCUT2D eigenvalue weighted by Crippen LogP contribution is 2.44. The van der Waals surface area contributed by atoms with Gasteiger partial charge in [-0.3, -0.25) is 4.79 Å². The first-order valence-electron chi connectivity index (χ1n) is 6.42. The van der Waals surface area contributed by atoms with Gasteiger partial charge in [0.25, 0.3) is 0 Å². The molecule has 0 radical (unpaired) electrons. The van der Waals surface area contributed by atoms with E-state index in [9.17, 15) is 4.79 Å². The molecular formula is C14H19ClN2O2. The average Bonchev–Trinajstić information content (AvgIpc) is 3.14. The normalized spacial score (nSPS) is 16.2. The number of aliphatic hydroxyl groups excluding tert-OH is 1. The summed E-state index contributed by atoms with van der Waals surface area (Å²) in [6.07, 6.45) is 2.07. The van der Waals surface area contributed by atoms with Gasteiger partial charge in [0, 0.05) is 29.3 Å². The number of amides is 1. The lowest BCUT2D eigenvalue weighted by Gasteiger charge is -2.13. The third-order valence-electron chi connectivity index (χ3n) is 3.55. The Bertz CT molecular complexity index is 473. The van der Waals surface area contributed by atoms with Crippen molar-refractivity contribution in [2.24, 2.45) is 5.41 Å². The first-order valence-corrected chi connectivity index (χ1v) is 6.80. The summed E-state index contributed by atoms with van der Waals surface area (Å²) >= 11 is 5.90. The van der Waals surface area contributed by atoms with Crippen LogP contribution in [0, 0.1) is 12.3 Å². The lowest BCUT2D eigenvalue weighted by Crippen LogP contribution is -2.33. The maximum Gasteiger partial charge on any atom is 0.238 e. The average molecular weight is 283 g/mol. The van der Waals surface area contributed by atoms with Gasteiger partial charge >= 0.3 is 0 Å². The van der Waals surface area contributed by atoms with Crippen LogP contribution in [0.1, 0.15) is 18.4 Å². The number of hydrogen-bond donors (Lipinski definition) is 3.